The first-order valence-electron chi connectivity index (χ1n) is 7.88. The molecular formula is C16H19N3O6. The summed E-state index contributed by atoms with van der Waals surface area (Å²) in [5.74, 6) is 0. The molecule has 0 unspecified atom stereocenters. The van der Waals surface area contributed by atoms with Gasteiger partial charge in [0, 0.05) is 6.54 Å². The zero-order valence-corrected chi connectivity index (χ0v) is 13.3. The molecule has 0 saturated carbocycles. The topological polar surface area (TPSA) is 127 Å². The lowest BCUT2D eigenvalue weighted by Crippen LogP contribution is -2.45. The van der Waals surface area contributed by atoms with Crippen molar-refractivity contribution < 1.29 is 20.1 Å². The molecule has 2 heterocycles. The number of nitrogens with zero attached hydrogens (tertiary/aromatic N) is 3. The Labute approximate surface area is 142 Å². The average Bonchev–Trinajstić information content (AvgIpc) is 2.91. The van der Waals surface area contributed by atoms with Gasteiger partial charge in [0.25, 0.3) is 5.56 Å². The summed E-state index contributed by atoms with van der Waals surface area (Å²) in [5, 5.41) is 32.7. The fourth-order valence-corrected chi connectivity index (χ4v) is 2.80. The summed E-state index contributed by atoms with van der Waals surface area (Å²) in [7, 11) is 0. The molecule has 3 N–H and O–H groups in total. The van der Waals surface area contributed by atoms with Crippen LogP contribution in [0, 0.1) is 0 Å². The monoisotopic (exact) mass is 349 g/mol. The second kappa shape index (κ2) is 7.28. The van der Waals surface area contributed by atoms with Crippen LogP contribution in [0.1, 0.15) is 11.8 Å². The van der Waals surface area contributed by atoms with Crippen LogP contribution in [0.15, 0.2) is 46.1 Å². The summed E-state index contributed by atoms with van der Waals surface area (Å²) in [6.07, 6.45) is -3.67. The van der Waals surface area contributed by atoms with E-state index < -0.39 is 42.4 Å². The minimum atomic E-state index is -1.44. The Hall–Kier alpha value is -2.33. The third kappa shape index (κ3) is 3.40. The van der Waals surface area contributed by atoms with E-state index in [0.29, 0.717) is 6.42 Å². The van der Waals surface area contributed by atoms with Crippen molar-refractivity contribution in [2.45, 2.75) is 37.5 Å². The van der Waals surface area contributed by atoms with Gasteiger partial charge in [-0.2, -0.15) is 9.78 Å². The highest BCUT2D eigenvalue weighted by atomic mass is 16.6. The highest BCUT2D eigenvalue weighted by Gasteiger charge is 2.44. The molecule has 9 nitrogen and oxygen atoms in total. The van der Waals surface area contributed by atoms with E-state index in [1.807, 2.05) is 30.3 Å². The van der Waals surface area contributed by atoms with Gasteiger partial charge in [-0.25, -0.2) is 4.79 Å². The van der Waals surface area contributed by atoms with Crippen LogP contribution in [0.2, 0.25) is 0 Å². The van der Waals surface area contributed by atoms with E-state index in [9.17, 15) is 19.8 Å². The minimum absolute atomic E-state index is 0.138. The quantitative estimate of drug-likeness (QED) is 0.585. The van der Waals surface area contributed by atoms with Crippen molar-refractivity contribution in [2.75, 3.05) is 6.61 Å². The molecule has 0 bridgehead atoms. The van der Waals surface area contributed by atoms with Crippen LogP contribution in [0.25, 0.3) is 0 Å². The summed E-state index contributed by atoms with van der Waals surface area (Å²) in [6.45, 7) is -0.379. The minimum Gasteiger partial charge on any atom is -0.394 e. The van der Waals surface area contributed by atoms with E-state index in [-0.39, 0.29) is 6.54 Å². The van der Waals surface area contributed by atoms with E-state index in [4.69, 9.17) is 9.84 Å². The Morgan fingerprint density at radius 2 is 1.84 bits per heavy atom. The first-order chi connectivity index (χ1) is 12.0. The SMILES string of the molecule is O=c1cnn([C@@H]2O[C@H](CO)[C@@H](O)[C@H]2O)c(=O)n1CCc1ccccc1. The highest BCUT2D eigenvalue weighted by molar-refractivity contribution is 5.14. The predicted octanol–water partition coefficient (Wildman–Crippen LogP) is -1.74. The Morgan fingerprint density at radius 1 is 1.12 bits per heavy atom. The third-order valence-corrected chi connectivity index (χ3v) is 4.21. The first kappa shape index (κ1) is 17.5. The zero-order chi connectivity index (χ0) is 18.0. The molecule has 1 aromatic carbocycles. The second-order valence-electron chi connectivity index (χ2n) is 5.83. The van der Waals surface area contributed by atoms with Crippen molar-refractivity contribution in [2.24, 2.45) is 0 Å². The van der Waals surface area contributed by atoms with Crippen LogP contribution >= 0.6 is 0 Å². The lowest BCUT2D eigenvalue weighted by Gasteiger charge is -2.17. The molecule has 0 aliphatic carbocycles. The van der Waals surface area contributed by atoms with E-state index in [2.05, 4.69) is 5.10 Å². The lowest BCUT2D eigenvalue weighted by atomic mass is 10.1. The first-order valence-corrected chi connectivity index (χ1v) is 7.88. The number of aliphatic hydroxyl groups is 3. The van der Waals surface area contributed by atoms with Gasteiger partial charge in [0.2, 0.25) is 0 Å². The van der Waals surface area contributed by atoms with Crippen molar-refractivity contribution in [3.63, 3.8) is 0 Å². The third-order valence-electron chi connectivity index (χ3n) is 4.21. The van der Waals surface area contributed by atoms with Gasteiger partial charge in [0.1, 0.15) is 24.5 Å². The van der Waals surface area contributed by atoms with Crippen molar-refractivity contribution in [1.82, 2.24) is 14.3 Å². The van der Waals surface area contributed by atoms with Gasteiger partial charge >= 0.3 is 5.69 Å². The van der Waals surface area contributed by atoms with Crippen LogP contribution < -0.4 is 11.2 Å². The number of aryl methyl sites for hydroxylation is 1. The maximum Gasteiger partial charge on any atom is 0.349 e. The number of benzene rings is 1. The summed E-state index contributed by atoms with van der Waals surface area (Å²) in [4.78, 5) is 24.6. The average molecular weight is 349 g/mol. The van der Waals surface area contributed by atoms with Crippen molar-refractivity contribution in [3.8, 4) is 0 Å². The molecule has 9 heteroatoms. The van der Waals surface area contributed by atoms with Gasteiger partial charge in [-0.3, -0.25) is 9.36 Å². The van der Waals surface area contributed by atoms with Crippen LogP contribution in [0.3, 0.4) is 0 Å². The predicted molar refractivity (Wildman–Crippen MR) is 85.9 cm³/mol. The van der Waals surface area contributed by atoms with Crippen LogP contribution in [0.4, 0.5) is 0 Å². The highest BCUT2D eigenvalue weighted by Crippen LogP contribution is 2.27. The van der Waals surface area contributed by atoms with Gasteiger partial charge < -0.3 is 20.1 Å². The Morgan fingerprint density at radius 3 is 2.48 bits per heavy atom. The molecule has 25 heavy (non-hydrogen) atoms. The summed E-state index contributed by atoms with van der Waals surface area (Å²) in [5.41, 5.74) is -0.354. The summed E-state index contributed by atoms with van der Waals surface area (Å²) >= 11 is 0. The van der Waals surface area contributed by atoms with E-state index >= 15 is 0 Å². The number of aromatic nitrogens is 3. The molecule has 1 aliphatic rings. The number of rotatable bonds is 5. The smallest absolute Gasteiger partial charge is 0.349 e. The number of aliphatic hydroxyl groups excluding tert-OH is 3. The largest absolute Gasteiger partial charge is 0.394 e. The van der Waals surface area contributed by atoms with Gasteiger partial charge in [0.05, 0.1) is 6.61 Å². The number of ether oxygens (including phenoxy) is 1. The molecule has 1 aromatic heterocycles. The molecule has 2 aromatic rings. The van der Waals surface area contributed by atoms with Crippen LogP contribution in [-0.2, 0) is 17.7 Å². The van der Waals surface area contributed by atoms with Crippen molar-refractivity contribution in [3.05, 3.63) is 62.9 Å². The summed E-state index contributed by atoms with van der Waals surface area (Å²) in [6, 6.07) is 9.37. The molecular weight excluding hydrogens is 330 g/mol. The van der Waals surface area contributed by atoms with Gasteiger partial charge in [0.15, 0.2) is 6.23 Å². The number of hydrogen-bond donors (Lipinski definition) is 3. The molecule has 134 valence electrons. The molecule has 1 fully saturated rings. The standard InChI is InChI=1S/C16H19N3O6/c20-9-11-13(22)14(23)15(25-11)19-16(24)18(12(21)8-17-19)7-6-10-4-2-1-3-5-10/h1-5,8,11,13-15,20,22-23H,6-7,9H2/t11-,13-,14-,15-/m1/s1. The number of hydrogen-bond acceptors (Lipinski definition) is 7. The zero-order valence-electron chi connectivity index (χ0n) is 13.3. The van der Waals surface area contributed by atoms with E-state index in [0.717, 1.165) is 21.0 Å². The van der Waals surface area contributed by atoms with Crippen LogP contribution in [0.5, 0.6) is 0 Å². The Kier molecular flexibility index (Phi) is 5.09. The maximum atomic E-state index is 12.6. The fourth-order valence-electron chi connectivity index (χ4n) is 2.80. The van der Waals surface area contributed by atoms with Gasteiger partial charge in [-0.05, 0) is 12.0 Å². The second-order valence-corrected chi connectivity index (χ2v) is 5.83. The molecule has 3 rings (SSSR count). The summed E-state index contributed by atoms with van der Waals surface area (Å²) < 4.78 is 7.10. The van der Waals surface area contributed by atoms with Crippen molar-refractivity contribution in [1.29, 1.82) is 0 Å². The maximum absolute atomic E-state index is 12.6. The molecule has 0 amide bonds. The molecule has 4 atom stereocenters. The normalized spacial score (nSPS) is 26.0. The van der Waals surface area contributed by atoms with Gasteiger partial charge in [-0.15, -0.1) is 0 Å². The van der Waals surface area contributed by atoms with Crippen LogP contribution in [-0.4, -0.2) is 54.6 Å². The molecule has 0 radical (unpaired) electrons. The van der Waals surface area contributed by atoms with Crippen molar-refractivity contribution >= 4 is 0 Å². The Bertz CT molecular complexity index is 834. The fraction of sp³-hybridized carbons (Fsp3) is 0.438. The van der Waals surface area contributed by atoms with E-state index in [1.165, 1.54) is 0 Å². The molecule has 0 spiro atoms. The molecule has 1 aliphatic heterocycles. The molecule has 1 saturated heterocycles. The Balaban J connectivity index is 1.88. The lowest BCUT2D eigenvalue weighted by molar-refractivity contribution is -0.0625. The van der Waals surface area contributed by atoms with E-state index in [1.54, 1.807) is 0 Å². The van der Waals surface area contributed by atoms with Gasteiger partial charge in [-0.1, -0.05) is 30.3 Å².